The van der Waals surface area contributed by atoms with Crippen molar-refractivity contribution in [2.45, 2.75) is 24.3 Å². The first-order valence-electron chi connectivity index (χ1n) is 10.8. The number of methoxy groups -OCH3 is 1. The van der Waals surface area contributed by atoms with Gasteiger partial charge in [-0.05, 0) is 43.2 Å². The first-order valence-corrected chi connectivity index (χ1v) is 12.3. The van der Waals surface area contributed by atoms with Crippen LogP contribution in [0, 0.1) is 5.92 Å². The van der Waals surface area contributed by atoms with Gasteiger partial charge in [0.25, 0.3) is 0 Å². The molecule has 3 aromatic rings. The normalized spacial score (nSPS) is 15.1. The number of benzene rings is 2. The number of hydrogen-bond acceptors (Lipinski definition) is 7. The summed E-state index contributed by atoms with van der Waals surface area (Å²) in [6, 6.07) is 17.3. The van der Waals surface area contributed by atoms with Crippen molar-refractivity contribution in [2.24, 2.45) is 5.92 Å². The Balaban J connectivity index is 1.34. The lowest BCUT2D eigenvalue weighted by Crippen LogP contribution is -2.41. The molecule has 0 aliphatic carbocycles. The number of para-hydroxylation sites is 1. The number of piperidine rings is 1. The molecule has 4 rings (SSSR count). The van der Waals surface area contributed by atoms with Crippen LogP contribution >= 0.6 is 0 Å². The van der Waals surface area contributed by atoms with E-state index in [0.29, 0.717) is 18.5 Å². The van der Waals surface area contributed by atoms with E-state index < -0.39 is 21.9 Å². The maximum atomic E-state index is 13.1. The van der Waals surface area contributed by atoms with Crippen LogP contribution in [0.5, 0.6) is 0 Å². The second-order valence-electron chi connectivity index (χ2n) is 7.86. The summed E-state index contributed by atoms with van der Waals surface area (Å²) in [4.78, 5) is 24.5. The molecule has 1 aliphatic heterocycles. The van der Waals surface area contributed by atoms with Gasteiger partial charge < -0.3 is 9.47 Å². The summed E-state index contributed by atoms with van der Waals surface area (Å²) in [7, 11) is -2.70. The molecule has 0 amide bonds. The lowest BCUT2D eigenvalue weighted by atomic mass is 9.98. The van der Waals surface area contributed by atoms with Crippen molar-refractivity contribution < 1.29 is 27.5 Å². The highest BCUT2D eigenvalue weighted by Crippen LogP contribution is 2.27. The maximum absolute atomic E-state index is 13.1. The third-order valence-corrected chi connectivity index (χ3v) is 7.68. The van der Waals surface area contributed by atoms with E-state index in [2.05, 4.69) is 5.10 Å². The molecule has 34 heavy (non-hydrogen) atoms. The molecule has 0 atom stereocenters. The van der Waals surface area contributed by atoms with Gasteiger partial charge in [-0.3, -0.25) is 4.79 Å². The van der Waals surface area contributed by atoms with Crippen molar-refractivity contribution >= 4 is 22.0 Å². The van der Waals surface area contributed by atoms with Crippen molar-refractivity contribution in [3.8, 4) is 5.69 Å². The fourth-order valence-corrected chi connectivity index (χ4v) is 5.52. The van der Waals surface area contributed by atoms with Crippen molar-refractivity contribution in [2.75, 3.05) is 20.2 Å². The summed E-state index contributed by atoms with van der Waals surface area (Å²) in [6.07, 6.45) is 2.46. The van der Waals surface area contributed by atoms with Crippen molar-refractivity contribution in [1.29, 1.82) is 0 Å². The number of esters is 2. The Labute approximate surface area is 198 Å². The zero-order valence-corrected chi connectivity index (χ0v) is 19.5. The van der Waals surface area contributed by atoms with Gasteiger partial charge in [0.2, 0.25) is 10.0 Å². The topological polar surface area (TPSA) is 108 Å². The molecule has 2 heterocycles. The highest BCUT2D eigenvalue weighted by molar-refractivity contribution is 7.89. The van der Waals surface area contributed by atoms with Gasteiger partial charge in [0.05, 0.1) is 29.2 Å². The SMILES string of the molecule is COC(=O)c1ccccc1S(=O)(=O)N1CCC(C(=O)OCc2ccn(-c3ccccc3)n2)CC1. The van der Waals surface area contributed by atoms with Crippen molar-refractivity contribution in [3.05, 3.63) is 78.1 Å². The predicted molar refractivity (Wildman–Crippen MR) is 123 cm³/mol. The van der Waals surface area contributed by atoms with Crippen LogP contribution in [0.1, 0.15) is 28.9 Å². The van der Waals surface area contributed by atoms with Gasteiger partial charge in [0, 0.05) is 19.3 Å². The first kappa shape index (κ1) is 23.7. The zero-order valence-electron chi connectivity index (χ0n) is 18.7. The monoisotopic (exact) mass is 483 g/mol. The molecule has 178 valence electrons. The quantitative estimate of drug-likeness (QED) is 0.476. The van der Waals surface area contributed by atoms with E-state index in [1.54, 1.807) is 29.1 Å². The molecule has 10 heteroatoms. The number of carbonyl (C=O) groups is 2. The number of carbonyl (C=O) groups excluding carboxylic acids is 2. The highest BCUT2D eigenvalue weighted by Gasteiger charge is 2.34. The lowest BCUT2D eigenvalue weighted by molar-refractivity contribution is -0.151. The third kappa shape index (κ3) is 5.02. The Kier molecular flexibility index (Phi) is 7.09. The van der Waals surface area contributed by atoms with E-state index >= 15 is 0 Å². The van der Waals surface area contributed by atoms with Gasteiger partial charge in [-0.2, -0.15) is 9.40 Å². The third-order valence-electron chi connectivity index (χ3n) is 5.72. The Morgan fingerprint density at radius 2 is 1.68 bits per heavy atom. The average molecular weight is 484 g/mol. The molecular weight excluding hydrogens is 458 g/mol. The Hall–Kier alpha value is -3.50. The summed E-state index contributed by atoms with van der Waals surface area (Å²) in [5.41, 5.74) is 1.51. The molecule has 1 aromatic heterocycles. The van der Waals surface area contributed by atoms with Gasteiger partial charge in [0.15, 0.2) is 0 Å². The van der Waals surface area contributed by atoms with E-state index in [4.69, 9.17) is 9.47 Å². The minimum Gasteiger partial charge on any atom is -0.465 e. The number of ether oxygens (including phenoxy) is 2. The molecule has 9 nitrogen and oxygen atoms in total. The Morgan fingerprint density at radius 1 is 1.00 bits per heavy atom. The van der Waals surface area contributed by atoms with E-state index in [-0.39, 0.29) is 36.1 Å². The Morgan fingerprint density at radius 3 is 2.38 bits per heavy atom. The standard InChI is InChI=1S/C24H25N3O6S/c1-32-24(29)21-9-5-6-10-22(21)34(30,31)26-14-11-18(12-15-26)23(28)33-17-19-13-16-27(25-19)20-7-3-2-4-8-20/h2-10,13,16,18H,11-12,14-15,17H2,1H3. The van der Waals surface area contributed by atoms with Crippen LogP contribution < -0.4 is 0 Å². The number of nitrogens with zero attached hydrogens (tertiary/aromatic N) is 3. The van der Waals surface area contributed by atoms with Gasteiger partial charge in [-0.15, -0.1) is 0 Å². The molecule has 1 saturated heterocycles. The number of aromatic nitrogens is 2. The van der Waals surface area contributed by atoms with Crippen LogP contribution in [0.25, 0.3) is 5.69 Å². The van der Waals surface area contributed by atoms with E-state index in [1.807, 2.05) is 30.3 Å². The molecule has 0 unspecified atom stereocenters. The van der Waals surface area contributed by atoms with Crippen molar-refractivity contribution in [3.63, 3.8) is 0 Å². The summed E-state index contributed by atoms with van der Waals surface area (Å²) in [6.45, 7) is 0.351. The number of sulfonamides is 1. The second kappa shape index (κ2) is 10.2. The lowest BCUT2D eigenvalue weighted by Gasteiger charge is -2.30. The molecular formula is C24H25N3O6S. The van der Waals surface area contributed by atoms with E-state index in [9.17, 15) is 18.0 Å². The molecule has 0 spiro atoms. The van der Waals surface area contributed by atoms with Crippen LogP contribution in [0.15, 0.2) is 71.8 Å². The first-order chi connectivity index (χ1) is 16.4. The van der Waals surface area contributed by atoms with Crippen LogP contribution in [0.3, 0.4) is 0 Å². The minimum absolute atomic E-state index is 0.0125. The Bertz CT molecular complexity index is 1260. The zero-order chi connectivity index (χ0) is 24.1. The second-order valence-corrected chi connectivity index (χ2v) is 9.77. The van der Waals surface area contributed by atoms with Crippen LogP contribution in [0.2, 0.25) is 0 Å². The average Bonchev–Trinajstić information content (AvgIpc) is 3.36. The van der Waals surface area contributed by atoms with Gasteiger partial charge in [-0.1, -0.05) is 30.3 Å². The largest absolute Gasteiger partial charge is 0.465 e. The molecule has 2 aromatic carbocycles. The summed E-state index contributed by atoms with van der Waals surface area (Å²) in [5.74, 6) is -1.49. The van der Waals surface area contributed by atoms with Gasteiger partial charge in [0.1, 0.15) is 12.3 Å². The molecule has 0 bridgehead atoms. The fourth-order valence-electron chi connectivity index (χ4n) is 3.87. The minimum atomic E-state index is -3.91. The molecule has 1 fully saturated rings. The van der Waals surface area contributed by atoms with Gasteiger partial charge >= 0.3 is 11.9 Å². The maximum Gasteiger partial charge on any atom is 0.339 e. The summed E-state index contributed by atoms with van der Waals surface area (Å²) < 4.78 is 39.4. The van der Waals surface area contributed by atoms with Crippen LogP contribution in [0.4, 0.5) is 0 Å². The van der Waals surface area contributed by atoms with E-state index in [1.165, 1.54) is 23.5 Å². The molecule has 0 N–H and O–H groups in total. The smallest absolute Gasteiger partial charge is 0.339 e. The number of hydrogen-bond donors (Lipinski definition) is 0. The molecule has 1 aliphatic rings. The highest BCUT2D eigenvalue weighted by atomic mass is 32.2. The molecule has 0 saturated carbocycles. The van der Waals surface area contributed by atoms with E-state index in [0.717, 1.165) is 5.69 Å². The van der Waals surface area contributed by atoms with Crippen molar-refractivity contribution in [1.82, 2.24) is 14.1 Å². The number of rotatable bonds is 7. The summed E-state index contributed by atoms with van der Waals surface area (Å²) in [5, 5.41) is 4.42. The predicted octanol–water partition coefficient (Wildman–Crippen LogP) is 2.80. The van der Waals surface area contributed by atoms with Crippen LogP contribution in [-0.4, -0.2) is 54.6 Å². The van der Waals surface area contributed by atoms with Crippen LogP contribution in [-0.2, 0) is 30.9 Å². The fraction of sp³-hybridized carbons (Fsp3) is 0.292. The van der Waals surface area contributed by atoms with Gasteiger partial charge in [-0.25, -0.2) is 17.9 Å². The summed E-state index contributed by atoms with van der Waals surface area (Å²) >= 11 is 0. The molecule has 0 radical (unpaired) electrons.